The van der Waals surface area contributed by atoms with E-state index in [0.29, 0.717) is 5.78 Å². The summed E-state index contributed by atoms with van der Waals surface area (Å²) in [5, 5.41) is 0. The molecular weight excluding hydrogens is 152 g/mol. The number of carbonyl (C=O) groups is 1. The van der Waals surface area contributed by atoms with Crippen molar-refractivity contribution in [2.24, 2.45) is 11.3 Å². The molecule has 0 aliphatic heterocycles. The summed E-state index contributed by atoms with van der Waals surface area (Å²) in [5.74, 6) is 0.440. The van der Waals surface area contributed by atoms with Gasteiger partial charge in [0.1, 0.15) is 5.78 Å². The largest absolute Gasteiger partial charge is 0.376 e. The van der Waals surface area contributed by atoms with Crippen LogP contribution in [0.25, 0.3) is 0 Å². The van der Waals surface area contributed by atoms with Crippen LogP contribution >= 0.6 is 0 Å². The van der Waals surface area contributed by atoms with Crippen molar-refractivity contribution in [2.45, 2.75) is 40.2 Å². The Morgan fingerprint density at radius 2 is 2.08 bits per heavy atom. The maximum absolute atomic E-state index is 11.4. The van der Waals surface area contributed by atoms with Crippen LogP contribution in [0.2, 0.25) is 0 Å². The van der Waals surface area contributed by atoms with Gasteiger partial charge in [0, 0.05) is 12.5 Å². The molecule has 2 heteroatoms. The predicted octanol–water partition coefficient (Wildman–Crippen LogP) is 2.03. The molecule has 0 N–H and O–H groups in total. The van der Waals surface area contributed by atoms with Crippen molar-refractivity contribution in [2.75, 3.05) is 6.61 Å². The molecule has 2 unspecified atom stereocenters. The molecule has 0 aromatic carbocycles. The quantitative estimate of drug-likeness (QED) is 0.647. The fourth-order valence-corrected chi connectivity index (χ4v) is 1.99. The van der Waals surface area contributed by atoms with Gasteiger partial charge in [0.25, 0.3) is 0 Å². The van der Waals surface area contributed by atoms with Crippen molar-refractivity contribution in [3.05, 3.63) is 0 Å². The third-order valence-corrected chi connectivity index (χ3v) is 2.72. The number of rotatable bonds is 3. The zero-order valence-electron chi connectivity index (χ0n) is 8.39. The van der Waals surface area contributed by atoms with Crippen molar-refractivity contribution < 1.29 is 9.53 Å². The molecule has 0 aromatic heterocycles. The van der Waals surface area contributed by atoms with Gasteiger partial charge in [0.05, 0.1) is 11.5 Å². The van der Waals surface area contributed by atoms with Crippen LogP contribution in [-0.4, -0.2) is 18.5 Å². The van der Waals surface area contributed by atoms with E-state index in [2.05, 4.69) is 6.92 Å². The van der Waals surface area contributed by atoms with E-state index in [4.69, 9.17) is 4.74 Å². The first-order valence-corrected chi connectivity index (χ1v) is 4.67. The van der Waals surface area contributed by atoms with Crippen LogP contribution < -0.4 is 0 Å². The second-order valence-corrected chi connectivity index (χ2v) is 4.17. The van der Waals surface area contributed by atoms with E-state index in [1.165, 1.54) is 0 Å². The van der Waals surface area contributed by atoms with Gasteiger partial charge in [-0.2, -0.15) is 0 Å². The molecule has 12 heavy (non-hydrogen) atoms. The predicted molar refractivity (Wildman–Crippen MR) is 48.0 cm³/mol. The van der Waals surface area contributed by atoms with Crippen molar-refractivity contribution in [1.29, 1.82) is 0 Å². The highest BCUT2D eigenvalue weighted by Gasteiger charge is 2.54. The summed E-state index contributed by atoms with van der Waals surface area (Å²) in [4.78, 5) is 11.4. The Bertz CT molecular complexity index is 184. The van der Waals surface area contributed by atoms with Crippen LogP contribution in [0.4, 0.5) is 0 Å². The Morgan fingerprint density at radius 3 is 2.50 bits per heavy atom. The van der Waals surface area contributed by atoms with Crippen LogP contribution in [0.5, 0.6) is 0 Å². The molecule has 0 aromatic rings. The number of hydrogen-bond donors (Lipinski definition) is 0. The third kappa shape index (κ3) is 1.28. The van der Waals surface area contributed by atoms with E-state index in [0.717, 1.165) is 13.0 Å². The summed E-state index contributed by atoms with van der Waals surface area (Å²) < 4.78 is 5.60. The Balaban J connectivity index is 2.49. The fraction of sp³-hybridized carbons (Fsp3) is 0.900. The molecule has 0 saturated heterocycles. The number of ether oxygens (including phenoxy) is 1. The van der Waals surface area contributed by atoms with Gasteiger partial charge in [-0.25, -0.2) is 0 Å². The average Bonchev–Trinajstić information content (AvgIpc) is 2.03. The van der Waals surface area contributed by atoms with Crippen molar-refractivity contribution in [3.63, 3.8) is 0 Å². The monoisotopic (exact) mass is 170 g/mol. The van der Waals surface area contributed by atoms with Gasteiger partial charge in [-0.15, -0.1) is 0 Å². The molecule has 2 atom stereocenters. The molecule has 70 valence electrons. The fourth-order valence-electron chi connectivity index (χ4n) is 1.99. The Kier molecular flexibility index (Phi) is 2.57. The summed E-state index contributed by atoms with van der Waals surface area (Å²) in [5.41, 5.74) is -0.241. The van der Waals surface area contributed by atoms with Gasteiger partial charge >= 0.3 is 0 Å². The first kappa shape index (κ1) is 9.72. The Morgan fingerprint density at radius 1 is 1.50 bits per heavy atom. The molecule has 1 aliphatic carbocycles. The van der Waals surface area contributed by atoms with Gasteiger partial charge in [0.2, 0.25) is 0 Å². The number of hydrogen-bond acceptors (Lipinski definition) is 2. The van der Waals surface area contributed by atoms with E-state index in [-0.39, 0.29) is 17.4 Å². The van der Waals surface area contributed by atoms with E-state index in [1.807, 2.05) is 20.8 Å². The lowest BCUT2D eigenvalue weighted by Gasteiger charge is -2.47. The summed E-state index contributed by atoms with van der Waals surface area (Å²) in [6.07, 6.45) is 1.16. The summed E-state index contributed by atoms with van der Waals surface area (Å²) in [7, 11) is 0. The zero-order chi connectivity index (χ0) is 9.35. The highest BCUT2D eigenvalue weighted by molar-refractivity contribution is 5.93. The molecular formula is C10H18O2. The molecule has 1 rings (SSSR count). The van der Waals surface area contributed by atoms with Crippen molar-refractivity contribution in [3.8, 4) is 0 Å². The maximum Gasteiger partial charge on any atom is 0.146 e. The lowest BCUT2D eigenvalue weighted by molar-refractivity contribution is -0.172. The minimum absolute atomic E-state index is 0.103. The van der Waals surface area contributed by atoms with E-state index >= 15 is 0 Å². The highest BCUT2D eigenvalue weighted by Crippen LogP contribution is 2.43. The van der Waals surface area contributed by atoms with E-state index < -0.39 is 0 Å². The molecule has 2 nitrogen and oxygen atoms in total. The van der Waals surface area contributed by atoms with Crippen LogP contribution in [-0.2, 0) is 9.53 Å². The zero-order valence-corrected chi connectivity index (χ0v) is 8.39. The van der Waals surface area contributed by atoms with Gasteiger partial charge in [-0.05, 0) is 6.42 Å². The van der Waals surface area contributed by atoms with Crippen molar-refractivity contribution in [1.82, 2.24) is 0 Å². The maximum atomic E-state index is 11.4. The standard InChI is InChI=1S/C10H18O2/c1-5-6-12-9-7(2)8(11)10(9,3)4/h7,9H,5-6H2,1-4H3. The van der Waals surface area contributed by atoms with E-state index in [1.54, 1.807) is 0 Å². The summed E-state index contributed by atoms with van der Waals surface area (Å²) >= 11 is 0. The molecule has 1 saturated carbocycles. The second kappa shape index (κ2) is 3.17. The first-order chi connectivity index (χ1) is 5.51. The normalized spacial score (nSPS) is 33.2. The summed E-state index contributed by atoms with van der Waals surface area (Å²) in [6, 6.07) is 0. The molecule has 1 fully saturated rings. The third-order valence-electron chi connectivity index (χ3n) is 2.72. The SMILES string of the molecule is CCCOC1C(C)C(=O)C1(C)C. The minimum Gasteiger partial charge on any atom is -0.376 e. The number of Topliss-reactive ketones (excluding diaryl/α,β-unsaturated/α-hetero) is 1. The number of carbonyl (C=O) groups excluding carboxylic acids is 1. The number of ketones is 1. The summed E-state index contributed by atoms with van der Waals surface area (Å²) in [6.45, 7) is 8.74. The van der Waals surface area contributed by atoms with Crippen LogP contribution in [0.15, 0.2) is 0 Å². The van der Waals surface area contributed by atoms with Crippen LogP contribution in [0, 0.1) is 11.3 Å². The van der Waals surface area contributed by atoms with Gasteiger partial charge < -0.3 is 4.74 Å². The highest BCUT2D eigenvalue weighted by atomic mass is 16.5. The average molecular weight is 170 g/mol. The molecule has 0 radical (unpaired) electrons. The van der Waals surface area contributed by atoms with E-state index in [9.17, 15) is 4.79 Å². The van der Waals surface area contributed by atoms with Crippen LogP contribution in [0.1, 0.15) is 34.1 Å². The smallest absolute Gasteiger partial charge is 0.146 e. The van der Waals surface area contributed by atoms with Gasteiger partial charge in [-0.1, -0.05) is 27.7 Å². The second-order valence-electron chi connectivity index (χ2n) is 4.17. The molecule has 0 amide bonds. The van der Waals surface area contributed by atoms with Gasteiger partial charge in [0.15, 0.2) is 0 Å². The minimum atomic E-state index is -0.241. The Hall–Kier alpha value is -0.370. The Labute approximate surface area is 74.3 Å². The lowest BCUT2D eigenvalue weighted by Crippen LogP contribution is -2.58. The van der Waals surface area contributed by atoms with Gasteiger partial charge in [-0.3, -0.25) is 4.79 Å². The molecule has 1 aliphatic rings. The van der Waals surface area contributed by atoms with Crippen molar-refractivity contribution >= 4 is 5.78 Å². The molecule has 0 bridgehead atoms. The first-order valence-electron chi connectivity index (χ1n) is 4.67. The topological polar surface area (TPSA) is 26.3 Å². The molecule has 0 heterocycles. The van der Waals surface area contributed by atoms with Crippen LogP contribution in [0.3, 0.4) is 0 Å². The molecule has 0 spiro atoms. The lowest BCUT2D eigenvalue weighted by atomic mass is 9.61.